The number of carbonyl (C=O) groups is 1. The molecule has 2 aromatic carbocycles. The van der Waals surface area contributed by atoms with Gasteiger partial charge in [-0.15, -0.1) is 0 Å². The van der Waals surface area contributed by atoms with Gasteiger partial charge in [0.25, 0.3) is 0 Å². The van der Waals surface area contributed by atoms with Crippen molar-refractivity contribution in [2.75, 3.05) is 26.2 Å². The molecule has 5 rings (SSSR count). The molecule has 3 aliphatic heterocycles. The van der Waals surface area contributed by atoms with E-state index in [0.29, 0.717) is 38.0 Å². The van der Waals surface area contributed by atoms with E-state index in [1.807, 2.05) is 6.07 Å². The normalized spacial score (nSPS) is 29.6. The number of carbonyl (C=O) groups excluding carboxylic acids is 1. The average Bonchev–Trinajstić information content (AvgIpc) is 3.26. The first-order valence-corrected chi connectivity index (χ1v) is 14.0. The highest BCUT2D eigenvalue weighted by molar-refractivity contribution is 5.82. The molecule has 4 nitrogen and oxygen atoms in total. The highest BCUT2D eigenvalue weighted by Gasteiger charge is 2.56. The summed E-state index contributed by atoms with van der Waals surface area (Å²) in [5.41, 5.74) is 2.51. The van der Waals surface area contributed by atoms with E-state index in [1.165, 1.54) is 5.56 Å². The number of likely N-dealkylation sites (tertiary alicyclic amines) is 1. The molecule has 5 atom stereocenters. The standard InChI is InChI=1S/C31H41FN2O2.ClH/c1-4-22(5-2)28-17-24(23-10-7-6-8-11-23)14-15-34(28)30(35)26-18-33-19-31(26)20-36-21(3)16-25-12-9-13-27(32)29(25)31;/h6-13,21-22,24,26,28,33H,4-5,14-20H2,1-3H3;1H/t21-,24+,26-,28-,31-;/m0./s1. The Morgan fingerprint density at radius 2 is 1.92 bits per heavy atom. The van der Waals surface area contributed by atoms with Gasteiger partial charge >= 0.3 is 0 Å². The highest BCUT2D eigenvalue weighted by Crippen LogP contribution is 2.43. The molecular weight excluding hydrogens is 487 g/mol. The smallest absolute Gasteiger partial charge is 0.232 e. The fourth-order valence-corrected chi connectivity index (χ4v) is 7.46. The van der Waals surface area contributed by atoms with Crippen molar-refractivity contribution in [3.8, 4) is 0 Å². The van der Waals surface area contributed by atoms with Crippen LogP contribution in [0.1, 0.15) is 69.1 Å². The maximum Gasteiger partial charge on any atom is 0.232 e. The predicted molar refractivity (Wildman–Crippen MR) is 140 cm³/mol. The summed E-state index contributed by atoms with van der Waals surface area (Å²) in [7, 11) is 0. The summed E-state index contributed by atoms with van der Waals surface area (Å²) < 4.78 is 21.8. The molecule has 202 valence electrons. The van der Waals surface area contributed by atoms with E-state index in [2.05, 4.69) is 61.3 Å². The number of quaternary nitrogens is 1. The van der Waals surface area contributed by atoms with Crippen molar-refractivity contribution in [3.05, 3.63) is 71.0 Å². The number of hydrogen-bond acceptors (Lipinski definition) is 2. The second-order valence-electron chi connectivity index (χ2n) is 11.3. The number of rotatable bonds is 5. The van der Waals surface area contributed by atoms with Crippen LogP contribution in [0.4, 0.5) is 4.39 Å². The molecule has 0 saturated carbocycles. The van der Waals surface area contributed by atoms with Gasteiger partial charge in [0, 0.05) is 18.2 Å². The molecule has 0 aromatic heterocycles. The highest BCUT2D eigenvalue weighted by atomic mass is 35.5. The summed E-state index contributed by atoms with van der Waals surface area (Å²) in [6, 6.07) is 16.4. The lowest BCUT2D eigenvalue weighted by molar-refractivity contribution is -0.640. The monoisotopic (exact) mass is 528 g/mol. The molecule has 1 amide bonds. The van der Waals surface area contributed by atoms with Gasteiger partial charge in [0.15, 0.2) is 0 Å². The minimum absolute atomic E-state index is 0. The number of hydrogen-bond donors (Lipinski definition) is 1. The minimum Gasteiger partial charge on any atom is -1.00 e. The number of benzene rings is 2. The molecule has 1 spiro atoms. The summed E-state index contributed by atoms with van der Waals surface area (Å²) in [5, 5.41) is 2.21. The van der Waals surface area contributed by atoms with Crippen LogP contribution in [0.3, 0.4) is 0 Å². The number of nitrogens with two attached hydrogens (primary N) is 1. The van der Waals surface area contributed by atoms with Gasteiger partial charge < -0.3 is 27.4 Å². The van der Waals surface area contributed by atoms with E-state index in [9.17, 15) is 4.79 Å². The zero-order chi connectivity index (χ0) is 25.3. The first-order valence-electron chi connectivity index (χ1n) is 14.0. The van der Waals surface area contributed by atoms with Gasteiger partial charge in [0.05, 0.1) is 31.2 Å². The second kappa shape index (κ2) is 11.8. The van der Waals surface area contributed by atoms with Crippen molar-refractivity contribution >= 4 is 5.91 Å². The third kappa shape index (κ3) is 5.20. The van der Waals surface area contributed by atoms with Crippen LogP contribution in [-0.2, 0) is 21.4 Å². The Bertz CT molecular complexity index is 1060. The summed E-state index contributed by atoms with van der Waals surface area (Å²) in [4.78, 5) is 16.7. The van der Waals surface area contributed by atoms with Crippen LogP contribution < -0.4 is 17.7 Å². The van der Waals surface area contributed by atoms with Crippen molar-refractivity contribution in [1.29, 1.82) is 0 Å². The molecule has 0 unspecified atom stereocenters. The van der Waals surface area contributed by atoms with Crippen LogP contribution in [0, 0.1) is 17.7 Å². The predicted octanol–water partition coefficient (Wildman–Crippen LogP) is 1.43. The molecule has 6 heteroatoms. The lowest BCUT2D eigenvalue weighted by Crippen LogP contribution is -3.00. The SMILES string of the molecule is CCC(CC)[C@@H]1C[C@H](c2ccccc2)CCN1C(=O)[C@@H]1C[NH2+]C[C@]12CO[C@@H](C)Cc1cccc(F)c12.[Cl-]. The van der Waals surface area contributed by atoms with Gasteiger partial charge in [0.2, 0.25) is 5.91 Å². The van der Waals surface area contributed by atoms with E-state index in [1.54, 1.807) is 12.1 Å². The lowest BCUT2D eigenvalue weighted by atomic mass is 9.69. The summed E-state index contributed by atoms with van der Waals surface area (Å²) >= 11 is 0. The van der Waals surface area contributed by atoms with E-state index in [0.717, 1.165) is 43.4 Å². The van der Waals surface area contributed by atoms with Crippen LogP contribution in [-0.4, -0.2) is 49.2 Å². The van der Waals surface area contributed by atoms with Gasteiger partial charge in [-0.05, 0) is 55.2 Å². The molecule has 3 aliphatic rings. The third-order valence-electron chi connectivity index (χ3n) is 9.40. The van der Waals surface area contributed by atoms with Crippen molar-refractivity contribution < 1.29 is 31.6 Å². The van der Waals surface area contributed by atoms with E-state index in [-0.39, 0.29) is 42.2 Å². The summed E-state index contributed by atoms with van der Waals surface area (Å²) in [5.74, 6) is 0.696. The van der Waals surface area contributed by atoms with Crippen molar-refractivity contribution in [2.45, 2.75) is 76.4 Å². The van der Waals surface area contributed by atoms with Gasteiger partial charge in [0.1, 0.15) is 11.7 Å². The Labute approximate surface area is 227 Å². The quantitative estimate of drug-likeness (QED) is 0.638. The van der Waals surface area contributed by atoms with Crippen LogP contribution in [0.25, 0.3) is 0 Å². The van der Waals surface area contributed by atoms with Crippen LogP contribution >= 0.6 is 0 Å². The van der Waals surface area contributed by atoms with Crippen molar-refractivity contribution in [1.82, 2.24) is 4.90 Å². The molecule has 2 aromatic rings. The largest absolute Gasteiger partial charge is 1.00 e. The zero-order valence-electron chi connectivity index (χ0n) is 22.5. The molecule has 37 heavy (non-hydrogen) atoms. The lowest BCUT2D eigenvalue weighted by Gasteiger charge is -2.45. The van der Waals surface area contributed by atoms with Gasteiger partial charge in [-0.1, -0.05) is 69.2 Å². The number of ether oxygens (including phenoxy) is 1. The fourth-order valence-electron chi connectivity index (χ4n) is 7.46. The maximum atomic E-state index is 15.5. The molecule has 2 N–H and O–H groups in total. The second-order valence-corrected chi connectivity index (χ2v) is 11.3. The van der Waals surface area contributed by atoms with E-state index >= 15 is 4.39 Å². The first-order chi connectivity index (χ1) is 17.5. The van der Waals surface area contributed by atoms with Crippen LogP contribution in [0.2, 0.25) is 0 Å². The maximum absolute atomic E-state index is 15.5. The Hall–Kier alpha value is -1.95. The Morgan fingerprint density at radius 1 is 1.16 bits per heavy atom. The molecule has 3 heterocycles. The topological polar surface area (TPSA) is 46.2 Å². The summed E-state index contributed by atoms with van der Waals surface area (Å²) in [6.45, 7) is 9.12. The van der Waals surface area contributed by atoms with Crippen LogP contribution in [0.5, 0.6) is 0 Å². The van der Waals surface area contributed by atoms with Gasteiger partial charge in [-0.25, -0.2) is 4.39 Å². The van der Waals surface area contributed by atoms with Crippen molar-refractivity contribution in [3.63, 3.8) is 0 Å². The van der Waals surface area contributed by atoms with E-state index < -0.39 is 5.41 Å². The number of halogens is 2. The molecule has 0 radical (unpaired) electrons. The van der Waals surface area contributed by atoms with Gasteiger partial charge in [-0.2, -0.15) is 0 Å². The number of fused-ring (bicyclic) bond motifs is 2. The number of nitrogens with zero attached hydrogens (tertiary/aromatic N) is 1. The average molecular weight is 529 g/mol. The third-order valence-corrected chi connectivity index (χ3v) is 9.40. The van der Waals surface area contributed by atoms with Crippen molar-refractivity contribution in [2.24, 2.45) is 11.8 Å². The van der Waals surface area contributed by atoms with Gasteiger partial charge in [-0.3, -0.25) is 4.79 Å². The first kappa shape index (κ1) is 28.1. The zero-order valence-corrected chi connectivity index (χ0v) is 23.2. The number of amides is 1. The molecule has 2 fully saturated rings. The molecule has 0 aliphatic carbocycles. The Kier molecular flexibility index (Phi) is 8.98. The minimum atomic E-state index is -0.614. The molecular formula is C31H42ClFN2O2. The number of piperidine rings is 1. The van der Waals surface area contributed by atoms with Crippen LogP contribution in [0.15, 0.2) is 48.5 Å². The Balaban J connectivity index is 0.00000320. The molecule has 2 saturated heterocycles. The molecule has 0 bridgehead atoms. The summed E-state index contributed by atoms with van der Waals surface area (Å²) in [6.07, 6.45) is 4.81. The Morgan fingerprint density at radius 3 is 2.65 bits per heavy atom. The fraction of sp³-hybridized carbons (Fsp3) is 0.581. The van der Waals surface area contributed by atoms with E-state index in [4.69, 9.17) is 4.74 Å².